The molecule has 0 fully saturated rings. The molecule has 0 bridgehead atoms. The summed E-state index contributed by atoms with van der Waals surface area (Å²) in [5.74, 6) is -1.15. The molecule has 2 rings (SSSR count). The van der Waals surface area contributed by atoms with Crippen LogP contribution in [-0.2, 0) is 27.3 Å². The molecule has 0 heterocycles. The third kappa shape index (κ3) is 6.81. The zero-order chi connectivity index (χ0) is 19.6. The molecule has 7 nitrogen and oxygen atoms in total. The van der Waals surface area contributed by atoms with Gasteiger partial charge in [-0.05, 0) is 23.6 Å². The van der Waals surface area contributed by atoms with Crippen LogP contribution in [0.1, 0.15) is 16.7 Å². The van der Waals surface area contributed by atoms with E-state index >= 15 is 0 Å². The Morgan fingerprint density at radius 2 is 1.70 bits per heavy atom. The smallest absolute Gasteiger partial charge is 0.329 e. The molecule has 2 aromatic rings. The lowest BCUT2D eigenvalue weighted by Gasteiger charge is -2.16. The van der Waals surface area contributed by atoms with Crippen molar-refractivity contribution >= 4 is 17.9 Å². The van der Waals surface area contributed by atoms with E-state index in [1.54, 1.807) is 0 Å². The molecule has 0 saturated heterocycles. The van der Waals surface area contributed by atoms with Crippen molar-refractivity contribution in [2.75, 3.05) is 6.61 Å². The second-order valence-corrected chi connectivity index (χ2v) is 6.06. The number of amides is 3. The Morgan fingerprint density at radius 1 is 1.04 bits per heavy atom. The predicted molar refractivity (Wildman–Crippen MR) is 101 cm³/mol. The first kappa shape index (κ1) is 20.0. The van der Waals surface area contributed by atoms with E-state index in [4.69, 9.17) is 10.5 Å². The number of carbonyl (C=O) groups excluding carboxylic acids is 3. The summed E-state index contributed by atoms with van der Waals surface area (Å²) in [4.78, 5) is 35.3. The topological polar surface area (TPSA) is 111 Å². The van der Waals surface area contributed by atoms with Crippen LogP contribution in [0.15, 0.2) is 54.6 Å². The zero-order valence-corrected chi connectivity index (χ0v) is 15.1. The molecular formula is C20H23N3O4. The summed E-state index contributed by atoms with van der Waals surface area (Å²) in [6.45, 7) is 1.86. The number of hydrogen-bond acceptors (Lipinski definition) is 4. The van der Waals surface area contributed by atoms with Crippen molar-refractivity contribution in [2.24, 2.45) is 5.73 Å². The van der Waals surface area contributed by atoms with Gasteiger partial charge in [0.2, 0.25) is 0 Å². The van der Waals surface area contributed by atoms with Gasteiger partial charge < -0.3 is 21.1 Å². The highest BCUT2D eigenvalue weighted by Crippen LogP contribution is 2.07. The van der Waals surface area contributed by atoms with E-state index in [-0.39, 0.29) is 6.42 Å². The number of nitrogens with two attached hydrogens (primary N) is 1. The molecule has 142 valence electrons. The van der Waals surface area contributed by atoms with Gasteiger partial charge in [0.25, 0.3) is 5.91 Å². The van der Waals surface area contributed by atoms with Gasteiger partial charge in [0.15, 0.2) is 6.61 Å². The van der Waals surface area contributed by atoms with Gasteiger partial charge in [-0.1, -0.05) is 54.6 Å². The Labute approximate surface area is 157 Å². The lowest BCUT2D eigenvalue weighted by Crippen LogP contribution is -2.46. The highest BCUT2D eigenvalue weighted by Gasteiger charge is 2.22. The van der Waals surface area contributed by atoms with Gasteiger partial charge in [0.1, 0.15) is 6.04 Å². The van der Waals surface area contributed by atoms with Crippen LogP contribution in [0.4, 0.5) is 4.79 Å². The van der Waals surface area contributed by atoms with Crippen molar-refractivity contribution in [1.29, 1.82) is 0 Å². The van der Waals surface area contributed by atoms with Crippen molar-refractivity contribution in [1.82, 2.24) is 10.6 Å². The molecule has 0 aliphatic heterocycles. The normalized spacial score (nSPS) is 11.3. The molecule has 27 heavy (non-hydrogen) atoms. The van der Waals surface area contributed by atoms with E-state index < -0.39 is 30.6 Å². The lowest BCUT2D eigenvalue weighted by atomic mass is 10.1. The Morgan fingerprint density at radius 3 is 2.37 bits per heavy atom. The van der Waals surface area contributed by atoms with Crippen LogP contribution in [-0.4, -0.2) is 30.6 Å². The fourth-order valence-corrected chi connectivity index (χ4v) is 2.51. The molecule has 0 aliphatic rings. The second-order valence-electron chi connectivity index (χ2n) is 6.06. The summed E-state index contributed by atoms with van der Waals surface area (Å²) in [7, 11) is 0. The van der Waals surface area contributed by atoms with E-state index in [1.807, 2.05) is 61.5 Å². The number of nitrogens with one attached hydrogen (secondary N) is 2. The Hall–Kier alpha value is -3.35. The van der Waals surface area contributed by atoms with E-state index in [0.717, 1.165) is 16.7 Å². The van der Waals surface area contributed by atoms with Gasteiger partial charge in [-0.2, -0.15) is 0 Å². The number of aryl methyl sites for hydroxylation is 1. The van der Waals surface area contributed by atoms with E-state index in [9.17, 15) is 14.4 Å². The molecule has 1 atom stereocenters. The lowest BCUT2D eigenvalue weighted by molar-refractivity contribution is -0.150. The Kier molecular flexibility index (Phi) is 7.37. The average molecular weight is 369 g/mol. The number of rotatable bonds is 8. The second kappa shape index (κ2) is 9.96. The van der Waals surface area contributed by atoms with E-state index in [1.165, 1.54) is 0 Å². The van der Waals surface area contributed by atoms with Crippen molar-refractivity contribution in [3.05, 3.63) is 71.3 Å². The first-order chi connectivity index (χ1) is 13.0. The van der Waals surface area contributed by atoms with Gasteiger partial charge in [-0.3, -0.25) is 4.79 Å². The largest absolute Gasteiger partial charge is 0.454 e. The average Bonchev–Trinajstić information content (AvgIpc) is 2.65. The maximum atomic E-state index is 12.2. The first-order valence-electron chi connectivity index (χ1n) is 8.53. The van der Waals surface area contributed by atoms with Crippen LogP contribution < -0.4 is 16.4 Å². The number of hydrogen-bond donors (Lipinski definition) is 3. The third-order valence-electron chi connectivity index (χ3n) is 3.97. The van der Waals surface area contributed by atoms with Crippen molar-refractivity contribution in [2.45, 2.75) is 25.9 Å². The molecule has 0 unspecified atom stereocenters. The number of esters is 1. The molecule has 7 heteroatoms. The molecule has 3 amide bonds. The number of ether oxygens (including phenoxy) is 1. The fourth-order valence-electron chi connectivity index (χ4n) is 2.51. The van der Waals surface area contributed by atoms with Crippen molar-refractivity contribution in [3.63, 3.8) is 0 Å². The molecule has 0 spiro atoms. The van der Waals surface area contributed by atoms with Crippen molar-refractivity contribution < 1.29 is 19.1 Å². The standard InChI is InChI=1S/C20H23N3O4/c1-14-7-5-6-10-16(14)12-22-18(24)13-27-19(25)17(23-20(21)26)11-15-8-3-2-4-9-15/h2-10,17H,11-13H2,1H3,(H,22,24)(H3,21,23,26)/t17-/m0/s1. The number of carbonyl (C=O) groups is 3. The minimum Gasteiger partial charge on any atom is -0.454 e. The maximum Gasteiger partial charge on any atom is 0.329 e. The molecule has 0 aromatic heterocycles. The molecule has 2 aromatic carbocycles. The Bertz CT molecular complexity index is 793. The molecule has 0 saturated carbocycles. The summed E-state index contributed by atoms with van der Waals surface area (Å²) < 4.78 is 5.04. The molecule has 0 aliphatic carbocycles. The van der Waals surface area contributed by atoms with Gasteiger partial charge in [0, 0.05) is 13.0 Å². The van der Waals surface area contributed by atoms with E-state index in [2.05, 4.69) is 10.6 Å². The summed E-state index contributed by atoms with van der Waals surface area (Å²) in [6.07, 6.45) is 0.216. The fraction of sp³-hybridized carbons (Fsp3) is 0.250. The first-order valence-corrected chi connectivity index (χ1v) is 8.53. The van der Waals surface area contributed by atoms with Crippen LogP contribution in [0, 0.1) is 6.92 Å². The summed E-state index contributed by atoms with van der Waals surface area (Å²) in [6, 6.07) is 15.0. The van der Waals surface area contributed by atoms with Crippen LogP contribution in [0.2, 0.25) is 0 Å². The van der Waals surface area contributed by atoms with E-state index in [0.29, 0.717) is 6.54 Å². The predicted octanol–water partition coefficient (Wildman–Crippen LogP) is 1.43. The van der Waals surface area contributed by atoms with Crippen LogP contribution in [0.25, 0.3) is 0 Å². The minimum absolute atomic E-state index is 0.216. The highest BCUT2D eigenvalue weighted by molar-refractivity contribution is 5.85. The summed E-state index contributed by atoms with van der Waals surface area (Å²) in [5, 5.41) is 5.05. The summed E-state index contributed by atoms with van der Waals surface area (Å²) in [5.41, 5.74) is 8.00. The Balaban J connectivity index is 1.85. The zero-order valence-electron chi connectivity index (χ0n) is 15.1. The molecular weight excluding hydrogens is 346 g/mol. The van der Waals surface area contributed by atoms with Gasteiger partial charge >= 0.3 is 12.0 Å². The van der Waals surface area contributed by atoms with Crippen molar-refractivity contribution in [3.8, 4) is 0 Å². The summed E-state index contributed by atoms with van der Waals surface area (Å²) >= 11 is 0. The van der Waals surface area contributed by atoms with Gasteiger partial charge in [0.05, 0.1) is 0 Å². The van der Waals surface area contributed by atoms with Crippen LogP contribution in [0.5, 0.6) is 0 Å². The van der Waals surface area contributed by atoms with Crippen LogP contribution >= 0.6 is 0 Å². The quantitative estimate of drug-likeness (QED) is 0.611. The van der Waals surface area contributed by atoms with Crippen LogP contribution in [0.3, 0.4) is 0 Å². The molecule has 4 N–H and O–H groups in total. The third-order valence-corrected chi connectivity index (χ3v) is 3.97. The van der Waals surface area contributed by atoms with Gasteiger partial charge in [-0.25, -0.2) is 9.59 Å². The number of primary amides is 1. The number of urea groups is 1. The monoisotopic (exact) mass is 369 g/mol. The number of benzene rings is 2. The maximum absolute atomic E-state index is 12.2. The highest BCUT2D eigenvalue weighted by atomic mass is 16.5. The SMILES string of the molecule is Cc1ccccc1CNC(=O)COC(=O)[C@H](Cc1ccccc1)NC(N)=O. The minimum atomic E-state index is -0.964. The van der Waals surface area contributed by atoms with Gasteiger partial charge in [-0.15, -0.1) is 0 Å². The molecule has 0 radical (unpaired) electrons.